The van der Waals surface area contributed by atoms with Crippen LogP contribution in [0.3, 0.4) is 0 Å². The molecule has 0 saturated carbocycles. The van der Waals surface area contributed by atoms with Crippen molar-refractivity contribution in [1.29, 1.82) is 0 Å². The maximum absolute atomic E-state index is 13.0. The highest BCUT2D eigenvalue weighted by molar-refractivity contribution is 7.87. The smallest absolute Gasteiger partial charge is 0.279 e. The van der Waals surface area contributed by atoms with Gasteiger partial charge in [-0.15, -0.1) is 3.89 Å². The Hall–Kier alpha value is -1.80. The SMILES string of the molecule is O=C1CC(S(=O)(=O)F)CN1c1ncc2c(Cl)cccc2n1. The number of nitrogens with zero attached hydrogens (tertiary/aromatic N) is 3. The molecule has 1 aliphatic rings. The second-order valence-corrected chi connectivity index (χ2v) is 6.67. The van der Waals surface area contributed by atoms with E-state index in [2.05, 4.69) is 9.97 Å². The number of amides is 1. The Morgan fingerprint density at radius 1 is 1.38 bits per heavy atom. The molecule has 1 saturated heterocycles. The Morgan fingerprint density at radius 2 is 2.14 bits per heavy atom. The fourth-order valence-corrected chi connectivity index (χ4v) is 3.08. The molecule has 1 atom stereocenters. The van der Waals surface area contributed by atoms with E-state index in [0.717, 1.165) is 4.90 Å². The van der Waals surface area contributed by atoms with Crippen LogP contribution in [0.4, 0.5) is 9.83 Å². The molecule has 1 aliphatic heterocycles. The summed E-state index contributed by atoms with van der Waals surface area (Å²) in [5.41, 5.74) is 0.520. The molecule has 2 aromatic rings. The number of fused-ring (bicyclic) bond motifs is 1. The van der Waals surface area contributed by atoms with Crippen LogP contribution in [0, 0.1) is 0 Å². The topological polar surface area (TPSA) is 80.2 Å². The molecule has 110 valence electrons. The predicted octanol–water partition coefficient (Wildman–Crippen LogP) is 1.69. The number of hydrogen-bond donors (Lipinski definition) is 0. The molecule has 2 heterocycles. The molecule has 1 fully saturated rings. The lowest BCUT2D eigenvalue weighted by atomic mass is 10.2. The number of aromatic nitrogens is 2. The van der Waals surface area contributed by atoms with Crippen LogP contribution in [0.15, 0.2) is 24.4 Å². The third-order valence-corrected chi connectivity index (χ3v) is 4.73. The van der Waals surface area contributed by atoms with Crippen LogP contribution >= 0.6 is 11.6 Å². The molecular formula is C12H9ClFN3O3S. The van der Waals surface area contributed by atoms with Gasteiger partial charge in [-0.1, -0.05) is 17.7 Å². The van der Waals surface area contributed by atoms with Crippen LogP contribution < -0.4 is 4.90 Å². The summed E-state index contributed by atoms with van der Waals surface area (Å²) in [5, 5.41) is -0.288. The van der Waals surface area contributed by atoms with Crippen molar-refractivity contribution < 1.29 is 17.1 Å². The fourth-order valence-electron chi connectivity index (χ4n) is 2.20. The van der Waals surface area contributed by atoms with Gasteiger partial charge in [0.05, 0.1) is 10.5 Å². The summed E-state index contributed by atoms with van der Waals surface area (Å²) >= 11 is 5.99. The molecule has 0 bridgehead atoms. The van der Waals surface area contributed by atoms with Crippen molar-refractivity contribution in [3.8, 4) is 0 Å². The Kier molecular flexibility index (Phi) is 3.29. The highest BCUT2D eigenvalue weighted by atomic mass is 35.5. The molecule has 0 N–H and O–H groups in total. The van der Waals surface area contributed by atoms with Crippen molar-refractivity contribution in [2.24, 2.45) is 0 Å². The summed E-state index contributed by atoms with van der Waals surface area (Å²) in [7, 11) is -4.76. The summed E-state index contributed by atoms with van der Waals surface area (Å²) in [4.78, 5) is 21.1. The second-order valence-electron chi connectivity index (χ2n) is 4.65. The maximum Gasteiger partial charge on any atom is 0.307 e. The Bertz CT molecular complexity index is 843. The number of halogens is 2. The third-order valence-electron chi connectivity index (χ3n) is 3.29. The lowest BCUT2D eigenvalue weighted by molar-refractivity contribution is -0.117. The van der Waals surface area contributed by atoms with Gasteiger partial charge in [0.25, 0.3) is 0 Å². The van der Waals surface area contributed by atoms with Gasteiger partial charge < -0.3 is 0 Å². The van der Waals surface area contributed by atoms with Gasteiger partial charge in [-0.25, -0.2) is 9.97 Å². The van der Waals surface area contributed by atoms with E-state index >= 15 is 0 Å². The van der Waals surface area contributed by atoms with Gasteiger partial charge in [-0.2, -0.15) is 8.42 Å². The van der Waals surface area contributed by atoms with Crippen molar-refractivity contribution in [2.75, 3.05) is 11.4 Å². The maximum atomic E-state index is 13.0. The van der Waals surface area contributed by atoms with Crippen molar-refractivity contribution >= 4 is 44.6 Å². The molecule has 0 radical (unpaired) electrons. The zero-order valence-electron chi connectivity index (χ0n) is 10.5. The van der Waals surface area contributed by atoms with Crippen molar-refractivity contribution in [2.45, 2.75) is 11.7 Å². The average molecular weight is 330 g/mol. The van der Waals surface area contributed by atoms with Gasteiger partial charge in [0.15, 0.2) is 0 Å². The lowest BCUT2D eigenvalue weighted by Crippen LogP contribution is -2.28. The van der Waals surface area contributed by atoms with Crippen LogP contribution in [0.5, 0.6) is 0 Å². The minimum Gasteiger partial charge on any atom is -0.279 e. The zero-order valence-corrected chi connectivity index (χ0v) is 12.1. The van der Waals surface area contributed by atoms with E-state index in [1.54, 1.807) is 18.2 Å². The minimum atomic E-state index is -4.76. The zero-order chi connectivity index (χ0) is 15.2. The summed E-state index contributed by atoms with van der Waals surface area (Å²) in [6, 6.07) is 5.07. The molecule has 9 heteroatoms. The van der Waals surface area contributed by atoms with Crippen molar-refractivity contribution in [3.05, 3.63) is 29.4 Å². The van der Waals surface area contributed by atoms with Gasteiger partial charge in [0.1, 0.15) is 5.25 Å². The van der Waals surface area contributed by atoms with Gasteiger partial charge >= 0.3 is 10.2 Å². The van der Waals surface area contributed by atoms with Crippen LogP contribution in [0.25, 0.3) is 10.9 Å². The molecule has 1 amide bonds. The molecule has 1 unspecified atom stereocenters. The van der Waals surface area contributed by atoms with E-state index in [1.807, 2.05) is 0 Å². The summed E-state index contributed by atoms with van der Waals surface area (Å²) < 4.78 is 34.8. The highest BCUT2D eigenvalue weighted by Gasteiger charge is 2.40. The van der Waals surface area contributed by atoms with Gasteiger partial charge in [-0.05, 0) is 12.1 Å². The number of carbonyl (C=O) groups excluding carboxylic acids is 1. The molecule has 3 rings (SSSR count). The standard InChI is InChI=1S/C12H9ClFN3O3S/c13-9-2-1-3-10-8(9)5-15-12(16-10)17-6-7(4-11(17)18)21(14,19)20/h1-3,5,7H,4,6H2. The first-order chi connectivity index (χ1) is 9.86. The molecule has 0 aliphatic carbocycles. The molecule has 6 nitrogen and oxygen atoms in total. The molecule has 21 heavy (non-hydrogen) atoms. The lowest BCUT2D eigenvalue weighted by Gasteiger charge is -2.14. The van der Waals surface area contributed by atoms with E-state index in [1.165, 1.54) is 6.20 Å². The van der Waals surface area contributed by atoms with Crippen LogP contribution in [-0.2, 0) is 15.0 Å². The highest BCUT2D eigenvalue weighted by Crippen LogP contribution is 2.26. The molecular weight excluding hydrogens is 321 g/mol. The van der Waals surface area contributed by atoms with E-state index < -0.39 is 27.8 Å². The first kappa shape index (κ1) is 14.2. The summed E-state index contributed by atoms with van der Waals surface area (Å²) in [6.45, 7) is -0.288. The van der Waals surface area contributed by atoms with E-state index in [0.29, 0.717) is 15.9 Å². The number of benzene rings is 1. The average Bonchev–Trinajstić information content (AvgIpc) is 2.81. The van der Waals surface area contributed by atoms with Crippen LogP contribution in [0.1, 0.15) is 6.42 Å². The largest absolute Gasteiger partial charge is 0.307 e. The fraction of sp³-hybridized carbons (Fsp3) is 0.250. The van der Waals surface area contributed by atoms with Crippen molar-refractivity contribution in [1.82, 2.24) is 9.97 Å². The van der Waals surface area contributed by atoms with E-state index in [4.69, 9.17) is 11.6 Å². The van der Waals surface area contributed by atoms with Gasteiger partial charge in [-0.3, -0.25) is 9.69 Å². The van der Waals surface area contributed by atoms with E-state index in [-0.39, 0.29) is 12.5 Å². The van der Waals surface area contributed by atoms with Crippen LogP contribution in [0.2, 0.25) is 5.02 Å². The first-order valence-corrected chi connectivity index (χ1v) is 7.84. The first-order valence-electron chi connectivity index (χ1n) is 6.01. The molecule has 0 spiro atoms. The normalized spacial score (nSPS) is 19.4. The van der Waals surface area contributed by atoms with Crippen LogP contribution in [-0.4, -0.2) is 36.1 Å². The molecule has 1 aromatic heterocycles. The number of hydrogen-bond acceptors (Lipinski definition) is 5. The monoisotopic (exact) mass is 329 g/mol. The Labute approximate surface area is 124 Å². The minimum absolute atomic E-state index is 0.0425. The van der Waals surface area contributed by atoms with Gasteiger partial charge in [0, 0.05) is 24.5 Å². The second kappa shape index (κ2) is 4.88. The van der Waals surface area contributed by atoms with Gasteiger partial charge in [0.2, 0.25) is 11.9 Å². The number of anilines is 1. The Balaban J connectivity index is 2.00. The predicted molar refractivity (Wildman–Crippen MR) is 75.3 cm³/mol. The van der Waals surface area contributed by atoms with Crippen molar-refractivity contribution in [3.63, 3.8) is 0 Å². The molecule has 1 aromatic carbocycles. The summed E-state index contributed by atoms with van der Waals surface area (Å²) in [5.74, 6) is -0.483. The quantitative estimate of drug-likeness (QED) is 0.783. The number of carbonyl (C=O) groups is 1. The number of rotatable bonds is 2. The van der Waals surface area contributed by atoms with E-state index in [9.17, 15) is 17.1 Å². The third kappa shape index (κ3) is 2.56. The Morgan fingerprint density at radius 3 is 2.81 bits per heavy atom. The summed E-state index contributed by atoms with van der Waals surface area (Å²) in [6.07, 6.45) is 1.04.